The lowest BCUT2D eigenvalue weighted by atomic mass is 10.3. The molecule has 0 saturated heterocycles. The van der Waals surface area contributed by atoms with Gasteiger partial charge in [-0.25, -0.2) is 4.79 Å². The van der Waals surface area contributed by atoms with Gasteiger partial charge in [0.1, 0.15) is 11.5 Å². The Hall–Kier alpha value is -2.57. The first kappa shape index (κ1) is 13.9. The van der Waals surface area contributed by atoms with Crippen LogP contribution < -0.4 is 10.1 Å². The molecule has 0 spiro atoms. The Balaban J connectivity index is 1.97. The molecule has 0 bridgehead atoms. The van der Waals surface area contributed by atoms with E-state index in [1.54, 1.807) is 12.1 Å². The molecule has 0 unspecified atom stereocenters. The van der Waals surface area contributed by atoms with Crippen molar-refractivity contribution in [2.75, 3.05) is 5.32 Å². The number of carbonyl (C=O) groups is 1. The third kappa shape index (κ3) is 3.71. The molecule has 1 aromatic carbocycles. The summed E-state index contributed by atoms with van der Waals surface area (Å²) < 4.78 is 33.5. The van der Waals surface area contributed by atoms with Crippen LogP contribution in [-0.4, -0.2) is 17.7 Å². The van der Waals surface area contributed by atoms with Crippen LogP contribution in [0.25, 0.3) is 0 Å². The van der Waals surface area contributed by atoms with Crippen molar-refractivity contribution >= 4 is 11.7 Å². The standard InChI is InChI=1S/C13H11F2NO4/c14-13(15)20-9-3-1-2-8(6-9)16-7-10-4-5-11(19-10)12(17)18/h1-6,13,16H,7H2,(H,17,18). The van der Waals surface area contributed by atoms with Crippen molar-refractivity contribution in [1.82, 2.24) is 0 Å². The molecular formula is C13H11F2NO4. The molecule has 0 aliphatic heterocycles. The zero-order valence-electron chi connectivity index (χ0n) is 10.2. The average Bonchev–Trinajstić information content (AvgIpc) is 2.85. The summed E-state index contributed by atoms with van der Waals surface area (Å²) in [5, 5.41) is 11.6. The highest BCUT2D eigenvalue weighted by molar-refractivity contribution is 5.84. The molecule has 0 radical (unpaired) electrons. The van der Waals surface area contributed by atoms with Crippen molar-refractivity contribution in [2.45, 2.75) is 13.2 Å². The second-order valence-electron chi connectivity index (χ2n) is 3.83. The number of benzene rings is 1. The highest BCUT2D eigenvalue weighted by atomic mass is 19.3. The Bertz CT molecular complexity index is 598. The fourth-order valence-electron chi connectivity index (χ4n) is 1.56. The van der Waals surface area contributed by atoms with E-state index >= 15 is 0 Å². The number of hydrogen-bond acceptors (Lipinski definition) is 4. The Kier molecular flexibility index (Phi) is 4.19. The van der Waals surface area contributed by atoms with E-state index in [4.69, 9.17) is 9.52 Å². The topological polar surface area (TPSA) is 71.7 Å². The van der Waals surface area contributed by atoms with Crippen molar-refractivity contribution in [3.05, 3.63) is 47.9 Å². The van der Waals surface area contributed by atoms with Crippen molar-refractivity contribution in [2.24, 2.45) is 0 Å². The first-order chi connectivity index (χ1) is 9.54. The summed E-state index contributed by atoms with van der Waals surface area (Å²) in [5.41, 5.74) is 0.552. The van der Waals surface area contributed by atoms with Gasteiger partial charge in [-0.15, -0.1) is 0 Å². The molecule has 0 atom stereocenters. The Labute approximate surface area is 112 Å². The van der Waals surface area contributed by atoms with Crippen LogP contribution >= 0.6 is 0 Å². The fraction of sp³-hybridized carbons (Fsp3) is 0.154. The van der Waals surface area contributed by atoms with Crippen molar-refractivity contribution in [3.63, 3.8) is 0 Å². The molecule has 20 heavy (non-hydrogen) atoms. The number of carboxylic acid groups (broad SMARTS) is 1. The quantitative estimate of drug-likeness (QED) is 0.851. The number of ether oxygens (including phenoxy) is 1. The molecule has 2 N–H and O–H groups in total. The number of nitrogens with one attached hydrogen (secondary N) is 1. The van der Waals surface area contributed by atoms with Gasteiger partial charge in [0, 0.05) is 11.8 Å². The van der Waals surface area contributed by atoms with Gasteiger partial charge in [0.15, 0.2) is 0 Å². The molecular weight excluding hydrogens is 272 g/mol. The van der Waals surface area contributed by atoms with E-state index in [2.05, 4.69) is 10.1 Å². The number of anilines is 1. The monoisotopic (exact) mass is 283 g/mol. The molecule has 1 aromatic heterocycles. The number of hydrogen-bond donors (Lipinski definition) is 2. The molecule has 0 saturated carbocycles. The minimum absolute atomic E-state index is 0.0377. The van der Waals surface area contributed by atoms with Crippen LogP contribution in [0.1, 0.15) is 16.3 Å². The maximum Gasteiger partial charge on any atom is 0.387 e. The highest BCUT2D eigenvalue weighted by Crippen LogP contribution is 2.20. The maximum atomic E-state index is 12.1. The Morgan fingerprint density at radius 1 is 1.35 bits per heavy atom. The molecule has 1 heterocycles. The first-order valence-electron chi connectivity index (χ1n) is 5.65. The van der Waals surface area contributed by atoms with Crippen LogP contribution in [0, 0.1) is 0 Å². The fourth-order valence-corrected chi connectivity index (χ4v) is 1.56. The lowest BCUT2D eigenvalue weighted by molar-refractivity contribution is -0.0498. The molecule has 106 valence electrons. The zero-order chi connectivity index (χ0) is 14.5. The van der Waals surface area contributed by atoms with Gasteiger partial charge in [-0.2, -0.15) is 8.78 Å². The molecule has 2 aromatic rings. The number of rotatable bonds is 6. The van der Waals surface area contributed by atoms with Gasteiger partial charge in [0.25, 0.3) is 0 Å². The maximum absolute atomic E-state index is 12.1. The van der Waals surface area contributed by atoms with Gasteiger partial charge in [0.05, 0.1) is 6.54 Å². The van der Waals surface area contributed by atoms with Crippen LogP contribution in [0.15, 0.2) is 40.8 Å². The van der Waals surface area contributed by atoms with E-state index in [1.165, 1.54) is 24.3 Å². The molecule has 0 aliphatic carbocycles. The summed E-state index contributed by atoms with van der Waals surface area (Å²) in [6, 6.07) is 8.91. The van der Waals surface area contributed by atoms with Crippen molar-refractivity contribution < 1.29 is 27.8 Å². The smallest absolute Gasteiger partial charge is 0.387 e. The predicted molar refractivity (Wildman–Crippen MR) is 66.1 cm³/mol. The predicted octanol–water partition coefficient (Wildman–Crippen LogP) is 3.19. The van der Waals surface area contributed by atoms with Crippen LogP contribution in [0.3, 0.4) is 0 Å². The summed E-state index contributed by atoms with van der Waals surface area (Å²) in [4.78, 5) is 10.6. The summed E-state index contributed by atoms with van der Waals surface area (Å²) >= 11 is 0. The summed E-state index contributed by atoms with van der Waals surface area (Å²) in [7, 11) is 0. The molecule has 0 aliphatic rings. The van der Waals surface area contributed by atoms with E-state index in [-0.39, 0.29) is 18.1 Å². The number of furan rings is 1. The van der Waals surface area contributed by atoms with Crippen molar-refractivity contribution in [1.29, 1.82) is 0 Å². The second kappa shape index (κ2) is 6.05. The number of alkyl halides is 2. The van der Waals surface area contributed by atoms with Crippen LogP contribution in [0.2, 0.25) is 0 Å². The lowest BCUT2D eigenvalue weighted by Gasteiger charge is -2.08. The van der Waals surface area contributed by atoms with Crippen molar-refractivity contribution in [3.8, 4) is 5.75 Å². The van der Waals surface area contributed by atoms with Crippen LogP contribution in [0.4, 0.5) is 14.5 Å². The highest BCUT2D eigenvalue weighted by Gasteiger charge is 2.09. The summed E-state index contributed by atoms with van der Waals surface area (Å²) in [6.07, 6.45) is 0. The third-order valence-electron chi connectivity index (χ3n) is 2.40. The average molecular weight is 283 g/mol. The van der Waals surface area contributed by atoms with Gasteiger partial charge >= 0.3 is 12.6 Å². The number of carboxylic acids is 1. The van der Waals surface area contributed by atoms with Gasteiger partial charge in [-0.3, -0.25) is 0 Å². The number of halogens is 2. The van der Waals surface area contributed by atoms with Crippen LogP contribution in [-0.2, 0) is 6.54 Å². The van der Waals surface area contributed by atoms with Gasteiger partial charge < -0.3 is 19.6 Å². The minimum atomic E-state index is -2.88. The Morgan fingerprint density at radius 3 is 2.80 bits per heavy atom. The van der Waals surface area contributed by atoms with E-state index < -0.39 is 12.6 Å². The minimum Gasteiger partial charge on any atom is -0.475 e. The van der Waals surface area contributed by atoms with E-state index in [9.17, 15) is 13.6 Å². The zero-order valence-corrected chi connectivity index (χ0v) is 10.2. The van der Waals surface area contributed by atoms with Gasteiger partial charge in [0.2, 0.25) is 5.76 Å². The summed E-state index contributed by atoms with van der Waals surface area (Å²) in [6.45, 7) is -2.65. The van der Waals surface area contributed by atoms with Gasteiger partial charge in [-0.1, -0.05) is 6.07 Å². The Morgan fingerprint density at radius 2 is 2.15 bits per heavy atom. The molecule has 0 fully saturated rings. The number of aromatic carboxylic acids is 1. The van der Waals surface area contributed by atoms with E-state index in [0.717, 1.165) is 0 Å². The third-order valence-corrected chi connectivity index (χ3v) is 2.40. The SMILES string of the molecule is O=C(O)c1ccc(CNc2cccc(OC(F)F)c2)o1. The van der Waals surface area contributed by atoms with E-state index in [1.807, 2.05) is 0 Å². The molecule has 5 nitrogen and oxygen atoms in total. The normalized spacial score (nSPS) is 10.6. The van der Waals surface area contributed by atoms with E-state index in [0.29, 0.717) is 11.4 Å². The lowest BCUT2D eigenvalue weighted by Crippen LogP contribution is -2.03. The molecule has 0 amide bonds. The first-order valence-corrected chi connectivity index (χ1v) is 5.65. The van der Waals surface area contributed by atoms with Gasteiger partial charge in [-0.05, 0) is 24.3 Å². The second-order valence-corrected chi connectivity index (χ2v) is 3.83. The largest absolute Gasteiger partial charge is 0.475 e. The summed E-state index contributed by atoms with van der Waals surface area (Å²) in [5.74, 6) is -0.849. The van der Waals surface area contributed by atoms with Crippen LogP contribution in [0.5, 0.6) is 5.75 Å². The molecule has 2 rings (SSSR count). The molecule has 7 heteroatoms.